The minimum absolute atomic E-state index is 0.0107. The fraction of sp³-hybridized carbons (Fsp3) is 0.562. The van der Waals surface area contributed by atoms with Crippen LogP contribution in [0, 0.1) is 5.92 Å². The normalized spacial score (nSPS) is 23.8. The van der Waals surface area contributed by atoms with Crippen LogP contribution in [0.3, 0.4) is 0 Å². The Labute approximate surface area is 129 Å². The fourth-order valence-electron chi connectivity index (χ4n) is 2.67. The lowest BCUT2D eigenvalue weighted by molar-refractivity contribution is -0.130. The van der Waals surface area contributed by atoms with Gasteiger partial charge >= 0.3 is 0 Å². The van der Waals surface area contributed by atoms with Gasteiger partial charge in [-0.1, -0.05) is 51.1 Å². The van der Waals surface area contributed by atoms with E-state index in [1.165, 1.54) is 0 Å². The Morgan fingerprint density at radius 3 is 2.52 bits per heavy atom. The van der Waals surface area contributed by atoms with Gasteiger partial charge in [-0.2, -0.15) is 0 Å². The Balaban J connectivity index is 2.15. The second-order valence-corrected chi connectivity index (χ2v) is 7.53. The highest BCUT2D eigenvalue weighted by atomic mass is 32.2. The number of amides is 1. The van der Waals surface area contributed by atoms with Gasteiger partial charge in [0.05, 0.1) is 6.17 Å². The van der Waals surface area contributed by atoms with Gasteiger partial charge in [0, 0.05) is 28.9 Å². The first-order chi connectivity index (χ1) is 10.0. The van der Waals surface area contributed by atoms with Gasteiger partial charge in [-0.15, -0.1) is 0 Å². The van der Waals surface area contributed by atoms with Gasteiger partial charge in [0.1, 0.15) is 6.04 Å². The van der Waals surface area contributed by atoms with Crippen molar-refractivity contribution in [3.63, 3.8) is 0 Å². The second kappa shape index (κ2) is 7.18. The van der Waals surface area contributed by atoms with Crippen molar-refractivity contribution in [2.24, 2.45) is 5.92 Å². The molecule has 1 amide bonds. The lowest BCUT2D eigenvalue weighted by atomic mass is 10.1. The smallest absolute Gasteiger partial charge is 0.245 e. The summed E-state index contributed by atoms with van der Waals surface area (Å²) >= 11 is 0. The molecule has 1 heterocycles. The highest BCUT2D eigenvalue weighted by Gasteiger charge is 2.40. The van der Waals surface area contributed by atoms with Gasteiger partial charge < -0.3 is 4.90 Å². The molecule has 1 aromatic rings. The van der Waals surface area contributed by atoms with E-state index >= 15 is 0 Å². The Morgan fingerprint density at radius 2 is 1.95 bits per heavy atom. The number of carbonyl (C=O) groups is 1. The molecule has 0 aromatic heterocycles. The van der Waals surface area contributed by atoms with Crippen LogP contribution in [-0.4, -0.2) is 39.2 Å². The molecule has 0 aliphatic carbocycles. The third-order valence-corrected chi connectivity index (χ3v) is 5.13. The molecule has 0 bridgehead atoms. The number of nitrogens with one attached hydrogen (secondary N) is 1. The molecule has 5 heteroatoms. The third kappa shape index (κ3) is 3.71. The predicted octanol–water partition coefficient (Wildman–Crippen LogP) is 1.91. The van der Waals surface area contributed by atoms with Crippen molar-refractivity contribution in [1.82, 2.24) is 10.2 Å². The number of hydrogen-bond acceptors (Lipinski definition) is 3. The second-order valence-electron chi connectivity index (χ2n) is 5.66. The summed E-state index contributed by atoms with van der Waals surface area (Å²) in [7, 11) is -0.843. The Hall–Kier alpha value is -1.20. The first-order valence-corrected chi connectivity index (χ1v) is 8.99. The van der Waals surface area contributed by atoms with E-state index in [1.54, 1.807) is 0 Å². The lowest BCUT2D eigenvalue weighted by Crippen LogP contribution is -2.43. The number of nitrogens with zero attached hydrogens (tertiary/aromatic N) is 1. The van der Waals surface area contributed by atoms with E-state index in [0.29, 0.717) is 24.0 Å². The van der Waals surface area contributed by atoms with Crippen LogP contribution in [0.25, 0.3) is 0 Å². The molecule has 1 aliphatic heterocycles. The number of benzene rings is 1. The molecule has 0 radical (unpaired) electrons. The van der Waals surface area contributed by atoms with Crippen LogP contribution < -0.4 is 5.32 Å². The molecular weight excluding hydrogens is 284 g/mol. The number of hydrogen-bond donors (Lipinski definition) is 1. The van der Waals surface area contributed by atoms with Crippen molar-refractivity contribution in [3.05, 3.63) is 35.9 Å². The van der Waals surface area contributed by atoms with E-state index < -0.39 is 10.8 Å². The van der Waals surface area contributed by atoms with E-state index in [1.807, 2.05) is 42.2 Å². The maximum Gasteiger partial charge on any atom is 0.245 e. The zero-order valence-corrected chi connectivity index (χ0v) is 13.7. The molecule has 3 unspecified atom stereocenters. The zero-order valence-electron chi connectivity index (χ0n) is 12.9. The number of carbonyl (C=O) groups excluding carboxylic acids is 1. The van der Waals surface area contributed by atoms with Gasteiger partial charge in [0.15, 0.2) is 0 Å². The van der Waals surface area contributed by atoms with Crippen molar-refractivity contribution >= 4 is 16.7 Å². The summed E-state index contributed by atoms with van der Waals surface area (Å²) in [6, 6.07) is 9.51. The largest absolute Gasteiger partial charge is 0.324 e. The maximum absolute atomic E-state index is 12.7. The van der Waals surface area contributed by atoms with E-state index in [2.05, 4.69) is 19.2 Å². The molecule has 116 valence electrons. The highest BCUT2D eigenvalue weighted by molar-refractivity contribution is 7.84. The molecule has 4 nitrogen and oxygen atoms in total. The summed E-state index contributed by atoms with van der Waals surface area (Å²) in [5.41, 5.74) is 0.993. The minimum Gasteiger partial charge on any atom is -0.324 e. The lowest BCUT2D eigenvalue weighted by Gasteiger charge is -2.26. The molecule has 1 aromatic carbocycles. The van der Waals surface area contributed by atoms with Gasteiger partial charge in [0.25, 0.3) is 0 Å². The molecule has 1 saturated heterocycles. The molecule has 21 heavy (non-hydrogen) atoms. The van der Waals surface area contributed by atoms with Gasteiger partial charge in [-0.25, -0.2) is 0 Å². The van der Waals surface area contributed by atoms with E-state index in [-0.39, 0.29) is 18.1 Å². The van der Waals surface area contributed by atoms with Gasteiger partial charge in [-0.05, 0) is 11.5 Å². The van der Waals surface area contributed by atoms with Crippen LogP contribution in [-0.2, 0) is 15.6 Å². The number of rotatable bonds is 6. The van der Waals surface area contributed by atoms with E-state index in [4.69, 9.17) is 0 Å². The Bertz CT molecular complexity index is 504. The average molecular weight is 308 g/mol. The van der Waals surface area contributed by atoms with Crippen molar-refractivity contribution < 1.29 is 9.00 Å². The molecule has 1 N–H and O–H groups in total. The van der Waals surface area contributed by atoms with Gasteiger partial charge in [0.2, 0.25) is 5.91 Å². The molecular formula is C16H24N2O2S. The fourth-order valence-corrected chi connectivity index (χ4v) is 3.35. The monoisotopic (exact) mass is 308 g/mol. The van der Waals surface area contributed by atoms with Crippen LogP contribution in [0.1, 0.15) is 32.4 Å². The van der Waals surface area contributed by atoms with E-state index in [9.17, 15) is 9.00 Å². The molecule has 0 saturated carbocycles. The standard InChI is InChI=1S/C16H24N2O2S/c1-4-21(20)11-10-18-15(12(2)3)17-14(16(18)19)13-8-6-5-7-9-13/h5-9,12,14-15,17H,4,10-11H2,1-3H3. The van der Waals surface area contributed by atoms with Crippen molar-refractivity contribution in [1.29, 1.82) is 0 Å². The Kier molecular flexibility index (Phi) is 5.53. The predicted molar refractivity (Wildman–Crippen MR) is 86.2 cm³/mol. The summed E-state index contributed by atoms with van der Waals surface area (Å²) in [6.07, 6.45) is 0.0107. The molecule has 1 fully saturated rings. The SMILES string of the molecule is CCS(=O)CCN1C(=O)C(c2ccccc2)NC1C(C)C. The first-order valence-electron chi connectivity index (χ1n) is 7.51. The van der Waals surface area contributed by atoms with Crippen molar-refractivity contribution in [3.8, 4) is 0 Å². The van der Waals surface area contributed by atoms with Crippen LogP contribution in [0.15, 0.2) is 30.3 Å². The summed E-state index contributed by atoms with van der Waals surface area (Å²) in [5.74, 6) is 1.60. The Morgan fingerprint density at radius 1 is 1.29 bits per heavy atom. The van der Waals surface area contributed by atoms with Gasteiger partial charge in [-0.3, -0.25) is 14.3 Å². The summed E-state index contributed by atoms with van der Waals surface area (Å²) < 4.78 is 11.7. The van der Waals surface area contributed by atoms with Crippen LogP contribution in [0.5, 0.6) is 0 Å². The highest BCUT2D eigenvalue weighted by Crippen LogP contribution is 2.27. The minimum atomic E-state index is -0.843. The average Bonchev–Trinajstić information content (AvgIpc) is 2.83. The maximum atomic E-state index is 12.7. The van der Waals surface area contributed by atoms with Crippen LogP contribution in [0.4, 0.5) is 0 Å². The van der Waals surface area contributed by atoms with Crippen molar-refractivity contribution in [2.75, 3.05) is 18.1 Å². The summed E-state index contributed by atoms with van der Waals surface area (Å²) in [6.45, 7) is 6.66. The molecule has 0 spiro atoms. The van der Waals surface area contributed by atoms with Crippen molar-refractivity contribution in [2.45, 2.75) is 33.0 Å². The topological polar surface area (TPSA) is 49.4 Å². The zero-order chi connectivity index (χ0) is 15.4. The van der Waals surface area contributed by atoms with E-state index in [0.717, 1.165) is 5.56 Å². The first kappa shape index (κ1) is 16.2. The summed E-state index contributed by atoms with van der Waals surface area (Å²) in [4.78, 5) is 14.5. The quantitative estimate of drug-likeness (QED) is 0.873. The third-order valence-electron chi connectivity index (χ3n) is 3.85. The molecule has 2 rings (SSSR count). The molecule has 3 atom stereocenters. The summed E-state index contributed by atoms with van der Waals surface area (Å²) in [5, 5.41) is 3.43. The van der Waals surface area contributed by atoms with Crippen LogP contribution >= 0.6 is 0 Å². The van der Waals surface area contributed by atoms with Crippen LogP contribution in [0.2, 0.25) is 0 Å². The molecule has 1 aliphatic rings.